The third-order valence-corrected chi connectivity index (χ3v) is 6.19. The van der Waals surface area contributed by atoms with Gasteiger partial charge in [-0.3, -0.25) is 0 Å². The molecule has 3 heterocycles. The molecule has 2 N–H and O–H groups in total. The lowest BCUT2D eigenvalue weighted by atomic mass is 10.3. The van der Waals surface area contributed by atoms with Crippen molar-refractivity contribution in [1.29, 1.82) is 0 Å². The van der Waals surface area contributed by atoms with Crippen LogP contribution in [0.3, 0.4) is 0 Å². The Labute approximate surface area is 163 Å². The number of anilines is 3. The fourth-order valence-electron chi connectivity index (χ4n) is 2.70. The Morgan fingerprint density at radius 2 is 1.93 bits per heavy atom. The van der Waals surface area contributed by atoms with Crippen LogP contribution >= 0.6 is 0 Å². The number of nitrogens with zero attached hydrogens (tertiary/aromatic N) is 5. The van der Waals surface area contributed by atoms with Crippen molar-refractivity contribution in [3.8, 4) is 11.4 Å². The molecule has 0 unspecified atom stereocenters. The summed E-state index contributed by atoms with van der Waals surface area (Å²) in [5.41, 5.74) is 1.49. The minimum absolute atomic E-state index is 0.310. The molecule has 146 valence electrons. The van der Waals surface area contributed by atoms with Crippen LogP contribution in [-0.2, 0) is 10.0 Å². The molecule has 1 aliphatic carbocycles. The van der Waals surface area contributed by atoms with E-state index in [-0.39, 0.29) is 5.25 Å². The Balaban J connectivity index is 1.55. The van der Waals surface area contributed by atoms with Gasteiger partial charge in [-0.05, 0) is 38.8 Å². The topological polar surface area (TPSA) is 115 Å². The normalized spacial score (nSPS) is 14.2. The summed E-state index contributed by atoms with van der Waals surface area (Å²) in [4.78, 5) is 13.0. The van der Waals surface area contributed by atoms with Gasteiger partial charge in [-0.25, -0.2) is 23.4 Å². The number of hydrogen-bond acceptors (Lipinski definition) is 8. The minimum Gasteiger partial charge on any atom is -0.383 e. The van der Waals surface area contributed by atoms with Gasteiger partial charge < -0.3 is 10.6 Å². The molecule has 1 fully saturated rings. The van der Waals surface area contributed by atoms with Crippen molar-refractivity contribution < 1.29 is 8.42 Å². The maximum Gasteiger partial charge on any atom is 0.256 e. The lowest BCUT2D eigenvalue weighted by Crippen LogP contribution is -2.17. The van der Waals surface area contributed by atoms with E-state index in [1.54, 1.807) is 18.5 Å². The summed E-state index contributed by atoms with van der Waals surface area (Å²) < 4.78 is 25.6. The molecule has 28 heavy (non-hydrogen) atoms. The average molecular weight is 399 g/mol. The summed E-state index contributed by atoms with van der Waals surface area (Å²) in [6.07, 6.45) is 7.61. The first-order valence-corrected chi connectivity index (χ1v) is 10.5. The fourth-order valence-corrected chi connectivity index (χ4v) is 4.17. The van der Waals surface area contributed by atoms with Crippen molar-refractivity contribution in [3.63, 3.8) is 0 Å². The predicted molar refractivity (Wildman–Crippen MR) is 107 cm³/mol. The average Bonchev–Trinajstić information content (AvgIpc) is 3.39. The van der Waals surface area contributed by atoms with E-state index in [2.05, 4.69) is 44.5 Å². The van der Waals surface area contributed by atoms with Crippen molar-refractivity contribution in [2.75, 3.05) is 10.6 Å². The van der Waals surface area contributed by atoms with E-state index in [9.17, 15) is 8.42 Å². The molecule has 10 heteroatoms. The van der Waals surface area contributed by atoms with E-state index in [0.29, 0.717) is 41.9 Å². The van der Waals surface area contributed by atoms with Crippen LogP contribution < -0.4 is 10.6 Å². The molecule has 3 aromatic heterocycles. The molecule has 0 bridgehead atoms. The van der Waals surface area contributed by atoms with Crippen LogP contribution in [0, 0.1) is 0 Å². The second-order valence-corrected chi connectivity index (χ2v) is 9.04. The zero-order chi connectivity index (χ0) is 19.7. The molecule has 4 rings (SSSR count). The standard InChI is InChI=1S/C18H21N7O2S/c1-12(2)22-14-5-7-19-17(9-14)23-16-6-8-20-18(24-16)13-10-21-25(11-13)28(26,27)15-3-4-15/h5-12,15H,3-4H2,1-2H3,(H2,19,20,22,23,24). The molecular formula is C18H21N7O2S. The summed E-state index contributed by atoms with van der Waals surface area (Å²) in [6, 6.07) is 5.82. The number of pyridine rings is 1. The molecule has 1 aliphatic rings. The predicted octanol–water partition coefficient (Wildman–Crippen LogP) is 2.64. The van der Waals surface area contributed by atoms with Gasteiger partial charge in [0.25, 0.3) is 10.0 Å². The maximum atomic E-state index is 12.3. The molecule has 0 radical (unpaired) electrons. The Hall–Kier alpha value is -3.01. The van der Waals surface area contributed by atoms with Gasteiger partial charge in [-0.1, -0.05) is 0 Å². The molecule has 9 nitrogen and oxygen atoms in total. The van der Waals surface area contributed by atoms with E-state index in [4.69, 9.17) is 0 Å². The Morgan fingerprint density at radius 1 is 1.14 bits per heavy atom. The molecule has 0 saturated heterocycles. The number of aromatic nitrogens is 5. The van der Waals surface area contributed by atoms with E-state index < -0.39 is 10.0 Å². The molecule has 0 atom stereocenters. The Morgan fingerprint density at radius 3 is 2.68 bits per heavy atom. The highest BCUT2D eigenvalue weighted by atomic mass is 32.2. The zero-order valence-electron chi connectivity index (χ0n) is 15.6. The van der Waals surface area contributed by atoms with Crippen LogP contribution in [0.15, 0.2) is 43.0 Å². The lowest BCUT2D eigenvalue weighted by Gasteiger charge is -2.11. The molecule has 0 amide bonds. The smallest absolute Gasteiger partial charge is 0.256 e. The van der Waals surface area contributed by atoms with Gasteiger partial charge in [-0.15, -0.1) is 0 Å². The summed E-state index contributed by atoms with van der Waals surface area (Å²) in [7, 11) is -3.41. The van der Waals surface area contributed by atoms with Crippen molar-refractivity contribution >= 4 is 27.3 Å². The summed E-state index contributed by atoms with van der Waals surface area (Å²) in [5.74, 6) is 1.58. The van der Waals surface area contributed by atoms with Crippen molar-refractivity contribution in [2.45, 2.75) is 38.0 Å². The third kappa shape index (κ3) is 3.96. The van der Waals surface area contributed by atoms with Gasteiger partial charge >= 0.3 is 0 Å². The highest BCUT2D eigenvalue weighted by Gasteiger charge is 2.37. The maximum absolute atomic E-state index is 12.3. The van der Waals surface area contributed by atoms with Crippen LogP contribution in [0.4, 0.5) is 17.3 Å². The highest BCUT2D eigenvalue weighted by Crippen LogP contribution is 2.30. The summed E-state index contributed by atoms with van der Waals surface area (Å²) in [6.45, 7) is 4.13. The SMILES string of the molecule is CC(C)Nc1ccnc(Nc2ccnc(-c3cnn(S(=O)(=O)C4CC4)c3)n2)c1. The molecule has 0 aliphatic heterocycles. The van der Waals surface area contributed by atoms with Crippen molar-refractivity contribution in [2.24, 2.45) is 0 Å². The first-order chi connectivity index (χ1) is 13.4. The molecule has 3 aromatic rings. The van der Waals surface area contributed by atoms with Gasteiger partial charge in [-0.2, -0.15) is 9.19 Å². The zero-order valence-corrected chi connectivity index (χ0v) is 16.4. The fraction of sp³-hybridized carbons (Fsp3) is 0.333. The highest BCUT2D eigenvalue weighted by molar-refractivity contribution is 7.90. The quantitative estimate of drug-likeness (QED) is 0.623. The van der Waals surface area contributed by atoms with Gasteiger partial charge in [0, 0.05) is 30.2 Å². The second kappa shape index (κ2) is 7.19. The van der Waals surface area contributed by atoms with Crippen LogP contribution in [-0.4, -0.2) is 43.8 Å². The second-order valence-electron chi connectivity index (χ2n) is 6.97. The van der Waals surface area contributed by atoms with Gasteiger partial charge in [0.1, 0.15) is 11.6 Å². The summed E-state index contributed by atoms with van der Waals surface area (Å²) >= 11 is 0. The minimum atomic E-state index is -3.41. The Bertz CT molecular complexity index is 1090. The van der Waals surface area contributed by atoms with E-state index >= 15 is 0 Å². The number of hydrogen-bond donors (Lipinski definition) is 2. The molecule has 1 saturated carbocycles. The molecule has 0 spiro atoms. The monoisotopic (exact) mass is 399 g/mol. The van der Waals surface area contributed by atoms with Crippen LogP contribution in [0.2, 0.25) is 0 Å². The van der Waals surface area contributed by atoms with Crippen LogP contribution in [0.25, 0.3) is 11.4 Å². The Kier molecular flexibility index (Phi) is 4.71. The van der Waals surface area contributed by atoms with E-state index in [1.807, 2.05) is 12.1 Å². The molecule has 0 aromatic carbocycles. The van der Waals surface area contributed by atoms with Crippen LogP contribution in [0.5, 0.6) is 0 Å². The van der Waals surface area contributed by atoms with Gasteiger partial charge in [0.05, 0.1) is 23.2 Å². The number of nitrogens with one attached hydrogen (secondary N) is 2. The van der Waals surface area contributed by atoms with E-state index in [0.717, 1.165) is 9.77 Å². The first kappa shape index (κ1) is 18.4. The van der Waals surface area contributed by atoms with Crippen molar-refractivity contribution in [1.82, 2.24) is 24.1 Å². The van der Waals surface area contributed by atoms with Gasteiger partial charge in [0.15, 0.2) is 5.82 Å². The first-order valence-electron chi connectivity index (χ1n) is 9.04. The van der Waals surface area contributed by atoms with Crippen molar-refractivity contribution in [3.05, 3.63) is 43.0 Å². The summed E-state index contributed by atoms with van der Waals surface area (Å²) in [5, 5.41) is 10.1. The lowest BCUT2D eigenvalue weighted by molar-refractivity contribution is 0.578. The third-order valence-electron chi connectivity index (χ3n) is 4.15. The molecular weight excluding hydrogens is 378 g/mol. The largest absolute Gasteiger partial charge is 0.383 e. The van der Waals surface area contributed by atoms with Gasteiger partial charge in [0.2, 0.25) is 0 Å². The van der Waals surface area contributed by atoms with Crippen LogP contribution in [0.1, 0.15) is 26.7 Å². The van der Waals surface area contributed by atoms with E-state index in [1.165, 1.54) is 12.4 Å². The number of rotatable bonds is 7.